The van der Waals surface area contributed by atoms with Crippen molar-refractivity contribution in [1.29, 1.82) is 0 Å². The van der Waals surface area contributed by atoms with Gasteiger partial charge in [-0.3, -0.25) is 19.7 Å². The van der Waals surface area contributed by atoms with Crippen LogP contribution in [-0.4, -0.2) is 118 Å². The van der Waals surface area contributed by atoms with Crippen LogP contribution in [0.1, 0.15) is 18.4 Å². The number of amides is 1. The number of likely N-dealkylation sites (N-methyl/N-ethyl adjacent to an activating group) is 1. The van der Waals surface area contributed by atoms with Gasteiger partial charge in [0.25, 0.3) is 12.4 Å². The van der Waals surface area contributed by atoms with Crippen molar-refractivity contribution in [3.63, 3.8) is 0 Å². The summed E-state index contributed by atoms with van der Waals surface area (Å²) < 4.78 is 39.1. The number of methoxy groups -OCH3 is 1. The zero-order valence-electron chi connectivity index (χ0n) is 20.8. The number of benzene rings is 1. The molecule has 0 aromatic heterocycles. The van der Waals surface area contributed by atoms with Gasteiger partial charge < -0.3 is 14.4 Å². The summed E-state index contributed by atoms with van der Waals surface area (Å²) >= 11 is -1.44. The van der Waals surface area contributed by atoms with E-state index in [2.05, 4.69) is 19.3 Å². The minimum atomic E-state index is -1.44. The van der Waals surface area contributed by atoms with E-state index in [-0.39, 0.29) is 11.9 Å². The third kappa shape index (κ3) is 6.85. The van der Waals surface area contributed by atoms with E-state index < -0.39 is 22.6 Å². The fourth-order valence-electron chi connectivity index (χ4n) is 5.03. The lowest BCUT2D eigenvalue weighted by atomic mass is 9.96. The molecule has 1 aromatic rings. The van der Waals surface area contributed by atoms with Crippen molar-refractivity contribution in [3.05, 3.63) is 35.6 Å². The predicted octanol–water partition coefficient (Wildman–Crippen LogP) is -0.0182. The molecule has 202 valence electrons. The average molecular weight is 530 g/mol. The number of rotatable bonds is 9. The monoisotopic (exact) mass is 529 g/mol. The van der Waals surface area contributed by atoms with Gasteiger partial charge in [0.1, 0.15) is 18.0 Å². The van der Waals surface area contributed by atoms with Gasteiger partial charge in [0.05, 0.1) is 6.61 Å². The molecule has 36 heavy (non-hydrogen) atoms. The first-order valence-corrected chi connectivity index (χ1v) is 13.0. The Bertz CT molecular complexity index is 888. The maximum absolute atomic E-state index is 13.5. The zero-order valence-corrected chi connectivity index (χ0v) is 21.6. The molecule has 3 fully saturated rings. The summed E-state index contributed by atoms with van der Waals surface area (Å²) in [5.74, 6) is -0.716. The lowest BCUT2D eigenvalue weighted by molar-refractivity contribution is -0.141. The lowest BCUT2D eigenvalue weighted by Crippen LogP contribution is -2.68. The molecule has 0 aliphatic carbocycles. The van der Waals surface area contributed by atoms with Crippen LogP contribution in [0.25, 0.3) is 0 Å². The molecule has 3 atom stereocenters. The molecule has 3 unspecified atom stereocenters. The number of carbonyl (C=O) groups is 2. The van der Waals surface area contributed by atoms with E-state index in [0.717, 1.165) is 38.2 Å². The van der Waals surface area contributed by atoms with Crippen LogP contribution in [0.2, 0.25) is 0 Å². The molecule has 2 bridgehead atoms. The quantitative estimate of drug-likeness (QED) is 0.199. The first kappa shape index (κ1) is 28.6. The third-order valence-corrected chi connectivity index (χ3v) is 8.53. The van der Waals surface area contributed by atoms with Gasteiger partial charge in [-0.15, -0.1) is 0 Å². The summed E-state index contributed by atoms with van der Waals surface area (Å²) in [5, 5.41) is 9.30. The van der Waals surface area contributed by atoms with Gasteiger partial charge in [-0.05, 0) is 37.6 Å². The average Bonchev–Trinajstić information content (AvgIpc) is 3.14. The minimum Gasteiger partial charge on any atom is -0.465 e. The Morgan fingerprint density at radius 1 is 1.25 bits per heavy atom. The van der Waals surface area contributed by atoms with E-state index >= 15 is 0 Å². The second-order valence-electron chi connectivity index (χ2n) is 9.21. The maximum atomic E-state index is 13.5. The Morgan fingerprint density at radius 2 is 1.94 bits per heavy atom. The molecule has 3 saturated heterocycles. The van der Waals surface area contributed by atoms with E-state index in [4.69, 9.17) is 0 Å². The summed E-state index contributed by atoms with van der Waals surface area (Å²) in [6, 6.07) is 6.55. The third-order valence-electron chi connectivity index (χ3n) is 6.74. The number of nitrogens with one attached hydrogen (secondary N) is 1. The Hall–Kier alpha value is -2.00. The standard InChI is InChI=1S/C19H28FN5O3S.C4H8O3/c1-22-13-17-6-7-19(14-22,18(26)21-27)25(17)29(28)24-10-8-23(9-11-24)12-15-2-4-16(20)5-3-15;1-6-2-3-7-4-5/h2-5,17,27H,6-14H2,1H3,(H,21,26);4H,2-3H2,1H3. The van der Waals surface area contributed by atoms with Crippen LogP contribution >= 0.6 is 0 Å². The van der Waals surface area contributed by atoms with E-state index in [0.29, 0.717) is 45.7 Å². The molecule has 3 heterocycles. The molecule has 0 spiro atoms. The van der Waals surface area contributed by atoms with Crippen molar-refractivity contribution < 1.29 is 32.9 Å². The van der Waals surface area contributed by atoms with Crippen molar-refractivity contribution in [3.8, 4) is 0 Å². The van der Waals surface area contributed by atoms with Gasteiger partial charge in [0, 0.05) is 59.0 Å². The lowest BCUT2D eigenvalue weighted by Gasteiger charge is -2.47. The molecule has 0 saturated carbocycles. The number of hydrogen-bond acceptors (Lipinski definition) is 8. The van der Waals surface area contributed by atoms with Crippen molar-refractivity contribution in [2.75, 3.05) is 66.6 Å². The molecule has 1 amide bonds. The highest BCUT2D eigenvalue weighted by atomic mass is 32.2. The number of hydrogen-bond donors (Lipinski definition) is 2. The van der Waals surface area contributed by atoms with Crippen molar-refractivity contribution in [1.82, 2.24) is 23.9 Å². The van der Waals surface area contributed by atoms with Crippen molar-refractivity contribution >= 4 is 23.6 Å². The summed E-state index contributed by atoms with van der Waals surface area (Å²) in [6.07, 6.45) is 1.37. The van der Waals surface area contributed by atoms with Gasteiger partial charge in [-0.1, -0.05) is 12.1 Å². The summed E-state index contributed by atoms with van der Waals surface area (Å²) in [7, 11) is 3.50. The molecular weight excluding hydrogens is 493 g/mol. The van der Waals surface area contributed by atoms with Crippen molar-refractivity contribution in [2.24, 2.45) is 0 Å². The molecule has 3 aliphatic heterocycles. The molecule has 3 aliphatic rings. The van der Waals surface area contributed by atoms with Gasteiger partial charge >= 0.3 is 0 Å². The van der Waals surface area contributed by atoms with E-state index in [1.807, 2.05) is 15.7 Å². The van der Waals surface area contributed by atoms with Crippen LogP contribution in [0.15, 0.2) is 24.3 Å². The smallest absolute Gasteiger partial charge is 0.293 e. The minimum absolute atomic E-state index is 0.0316. The number of ether oxygens (including phenoxy) is 2. The molecule has 4 rings (SSSR count). The molecule has 0 radical (unpaired) electrons. The topological polar surface area (TPSA) is 115 Å². The van der Waals surface area contributed by atoms with Gasteiger partial charge in [-0.2, -0.15) is 4.31 Å². The number of fused-ring (bicyclic) bond motifs is 2. The Labute approximate surface area is 213 Å². The molecule has 11 nitrogen and oxygen atoms in total. The summed E-state index contributed by atoms with van der Waals surface area (Å²) in [6.45, 7) is 5.92. The van der Waals surface area contributed by atoms with E-state index in [1.54, 1.807) is 24.7 Å². The Kier molecular flexibility index (Phi) is 10.7. The van der Waals surface area contributed by atoms with Crippen LogP contribution < -0.4 is 5.48 Å². The maximum Gasteiger partial charge on any atom is 0.293 e. The number of nitrogens with zero attached hydrogens (tertiary/aromatic N) is 4. The van der Waals surface area contributed by atoms with Crippen molar-refractivity contribution in [2.45, 2.75) is 31.0 Å². The highest BCUT2D eigenvalue weighted by Crippen LogP contribution is 2.40. The first-order valence-electron chi connectivity index (χ1n) is 11.9. The fraction of sp³-hybridized carbons (Fsp3) is 0.652. The number of piperazine rings is 2. The summed E-state index contributed by atoms with van der Waals surface area (Å²) in [4.78, 5) is 26.3. The predicted molar refractivity (Wildman–Crippen MR) is 130 cm³/mol. The Balaban J connectivity index is 0.000000454. The number of halogens is 1. The molecule has 13 heteroatoms. The number of carbonyl (C=O) groups excluding carboxylic acids is 2. The fourth-order valence-corrected chi connectivity index (χ4v) is 6.71. The number of likely N-dealkylation sites (tertiary alicyclic amines) is 1. The molecule has 2 N–H and O–H groups in total. The SMILES string of the molecule is CN1CC2CCC(C(=O)NO)(C1)N2S(=O)N1CCN(Cc2ccc(F)cc2)CC1.COCCOC=O. The first-order chi connectivity index (χ1) is 17.3. The number of hydroxylamine groups is 1. The van der Waals surface area contributed by atoms with Crippen LogP contribution in [0, 0.1) is 5.82 Å². The highest BCUT2D eigenvalue weighted by Gasteiger charge is 2.58. The van der Waals surface area contributed by atoms with E-state index in [1.165, 1.54) is 12.1 Å². The largest absolute Gasteiger partial charge is 0.465 e. The normalized spacial score (nSPS) is 26.1. The van der Waals surface area contributed by atoms with Gasteiger partial charge in [0.15, 0.2) is 11.2 Å². The highest BCUT2D eigenvalue weighted by molar-refractivity contribution is 7.80. The van der Waals surface area contributed by atoms with Gasteiger partial charge in [-0.25, -0.2) is 18.4 Å². The molecule has 1 aromatic carbocycles. The summed E-state index contributed by atoms with van der Waals surface area (Å²) in [5.41, 5.74) is 1.90. The van der Waals surface area contributed by atoms with Crippen LogP contribution in [0.5, 0.6) is 0 Å². The van der Waals surface area contributed by atoms with Gasteiger partial charge in [0.2, 0.25) is 0 Å². The Morgan fingerprint density at radius 3 is 2.56 bits per heavy atom. The molecular formula is C23H36FN5O6S. The van der Waals surface area contributed by atoms with E-state index in [9.17, 15) is 23.4 Å². The van der Waals surface area contributed by atoms with Crippen LogP contribution in [-0.2, 0) is 36.8 Å². The second-order valence-corrected chi connectivity index (χ2v) is 10.6. The zero-order chi connectivity index (χ0) is 26.1. The van der Waals surface area contributed by atoms with Crippen LogP contribution in [0.3, 0.4) is 0 Å². The van der Waals surface area contributed by atoms with Crippen LogP contribution in [0.4, 0.5) is 4.39 Å². The second kappa shape index (κ2) is 13.5.